The van der Waals surface area contributed by atoms with Crippen molar-refractivity contribution in [3.8, 4) is 0 Å². The highest BCUT2D eigenvalue weighted by molar-refractivity contribution is 5.83. The van der Waals surface area contributed by atoms with E-state index in [4.69, 9.17) is 0 Å². The second kappa shape index (κ2) is 7.21. The number of aromatic nitrogens is 1. The Balaban J connectivity index is 1.15. The minimum absolute atomic E-state index is 0.167. The number of anilines is 1. The summed E-state index contributed by atoms with van der Waals surface area (Å²) in [6, 6.07) is 12.7. The molecule has 1 aliphatic heterocycles. The predicted octanol–water partition coefficient (Wildman–Crippen LogP) is 5.27. The van der Waals surface area contributed by atoms with Crippen LogP contribution in [0, 0.1) is 11.6 Å². The summed E-state index contributed by atoms with van der Waals surface area (Å²) in [5.74, 6) is 0.144. The number of halogens is 2. The molecule has 5 heteroatoms. The van der Waals surface area contributed by atoms with Crippen molar-refractivity contribution >= 4 is 16.6 Å². The van der Waals surface area contributed by atoms with Gasteiger partial charge < -0.3 is 10.3 Å². The van der Waals surface area contributed by atoms with Crippen molar-refractivity contribution in [2.45, 2.75) is 43.7 Å². The molecule has 1 saturated carbocycles. The molecule has 2 aromatic carbocycles. The van der Waals surface area contributed by atoms with E-state index < -0.39 is 0 Å². The maximum absolute atomic E-state index is 13.7. The number of H-pyrrole nitrogens is 1. The first-order chi connectivity index (χ1) is 13.7. The molecule has 0 bridgehead atoms. The van der Waals surface area contributed by atoms with E-state index in [2.05, 4.69) is 21.4 Å². The Morgan fingerprint density at radius 3 is 2.50 bits per heavy atom. The molecule has 1 saturated heterocycles. The van der Waals surface area contributed by atoms with Gasteiger partial charge in [-0.25, -0.2) is 8.78 Å². The van der Waals surface area contributed by atoms with E-state index in [-0.39, 0.29) is 11.6 Å². The fraction of sp³-hybridized carbons (Fsp3) is 0.391. The van der Waals surface area contributed by atoms with Crippen LogP contribution in [0.15, 0.2) is 48.7 Å². The molecule has 2 fully saturated rings. The molecule has 1 aliphatic carbocycles. The fourth-order valence-electron chi connectivity index (χ4n) is 4.92. The summed E-state index contributed by atoms with van der Waals surface area (Å²) in [5, 5.41) is 4.46. The van der Waals surface area contributed by atoms with E-state index in [1.807, 2.05) is 12.1 Å². The second-order valence-electron chi connectivity index (χ2n) is 8.24. The third kappa shape index (κ3) is 3.39. The van der Waals surface area contributed by atoms with Gasteiger partial charge in [-0.15, -0.1) is 0 Å². The predicted molar refractivity (Wildman–Crippen MR) is 109 cm³/mol. The van der Waals surface area contributed by atoms with Crippen LogP contribution < -0.4 is 5.32 Å². The largest absolute Gasteiger partial charge is 0.380 e. The number of benzene rings is 2. The molecule has 1 aromatic heterocycles. The van der Waals surface area contributed by atoms with Crippen molar-refractivity contribution in [2.75, 3.05) is 18.4 Å². The molecule has 28 heavy (non-hydrogen) atoms. The summed E-state index contributed by atoms with van der Waals surface area (Å²) < 4.78 is 27.0. The maximum Gasteiger partial charge on any atom is 0.125 e. The summed E-state index contributed by atoms with van der Waals surface area (Å²) in [6.07, 6.45) is 6.72. The SMILES string of the molecule is Fc1cccc(NC2CN([C@H]3CC[C@@H](c4c[nH]c5ccc(F)cc54)CC3)C2)c1. The normalized spacial score (nSPS) is 23.6. The number of rotatable bonds is 4. The third-order valence-corrected chi connectivity index (χ3v) is 6.43. The van der Waals surface area contributed by atoms with Crippen molar-refractivity contribution < 1.29 is 8.78 Å². The van der Waals surface area contributed by atoms with Gasteiger partial charge in [-0.2, -0.15) is 0 Å². The lowest BCUT2D eigenvalue weighted by Gasteiger charge is -2.47. The average molecular weight is 381 g/mol. The second-order valence-corrected chi connectivity index (χ2v) is 8.24. The van der Waals surface area contributed by atoms with E-state index >= 15 is 0 Å². The van der Waals surface area contributed by atoms with Crippen LogP contribution in [-0.2, 0) is 0 Å². The number of hydrogen-bond acceptors (Lipinski definition) is 2. The number of aromatic amines is 1. The van der Waals surface area contributed by atoms with Crippen molar-refractivity contribution in [3.63, 3.8) is 0 Å². The van der Waals surface area contributed by atoms with Crippen LogP contribution in [0.25, 0.3) is 10.9 Å². The van der Waals surface area contributed by atoms with Gasteiger partial charge in [0.1, 0.15) is 11.6 Å². The summed E-state index contributed by atoms with van der Waals surface area (Å²) >= 11 is 0. The lowest BCUT2D eigenvalue weighted by Crippen LogP contribution is -2.59. The Morgan fingerprint density at radius 1 is 0.929 bits per heavy atom. The summed E-state index contributed by atoms with van der Waals surface area (Å²) in [4.78, 5) is 5.83. The van der Waals surface area contributed by atoms with Gasteiger partial charge in [0, 0.05) is 41.9 Å². The standard InChI is InChI=1S/C23H25F2N3/c24-16-2-1-3-18(10-16)27-19-13-28(14-19)20-7-4-15(5-8-20)22-12-26-23-9-6-17(25)11-21(22)23/h1-3,6,9-12,15,19-20,26-27H,4-5,7-8,13-14H2/t15-,20+. The van der Waals surface area contributed by atoms with Gasteiger partial charge in [-0.05, 0) is 73.6 Å². The molecule has 0 atom stereocenters. The molecule has 5 rings (SSSR count). The van der Waals surface area contributed by atoms with Crippen LogP contribution in [-0.4, -0.2) is 35.1 Å². The molecule has 2 N–H and O–H groups in total. The van der Waals surface area contributed by atoms with E-state index in [1.165, 1.54) is 30.5 Å². The summed E-state index contributed by atoms with van der Waals surface area (Å²) in [5.41, 5.74) is 3.15. The topological polar surface area (TPSA) is 31.1 Å². The van der Waals surface area contributed by atoms with Gasteiger partial charge in [-0.1, -0.05) is 6.07 Å². The van der Waals surface area contributed by atoms with Crippen LogP contribution in [0.4, 0.5) is 14.5 Å². The number of hydrogen-bond donors (Lipinski definition) is 2. The summed E-state index contributed by atoms with van der Waals surface area (Å²) in [6.45, 7) is 2.04. The molecule has 0 spiro atoms. The molecule has 0 amide bonds. The van der Waals surface area contributed by atoms with Gasteiger partial charge >= 0.3 is 0 Å². The minimum atomic E-state index is -0.198. The molecule has 2 heterocycles. The minimum Gasteiger partial charge on any atom is -0.380 e. The van der Waals surface area contributed by atoms with Crippen LogP contribution in [0.3, 0.4) is 0 Å². The van der Waals surface area contributed by atoms with Crippen LogP contribution in [0.1, 0.15) is 37.2 Å². The Bertz CT molecular complexity index is 969. The lowest BCUT2D eigenvalue weighted by atomic mass is 9.80. The van der Waals surface area contributed by atoms with Gasteiger partial charge in [-0.3, -0.25) is 4.90 Å². The van der Waals surface area contributed by atoms with Crippen LogP contribution in [0.2, 0.25) is 0 Å². The molecular weight excluding hydrogens is 356 g/mol. The smallest absolute Gasteiger partial charge is 0.125 e. The van der Waals surface area contributed by atoms with E-state index in [0.717, 1.165) is 42.5 Å². The first-order valence-corrected chi connectivity index (χ1v) is 10.2. The van der Waals surface area contributed by atoms with Crippen molar-refractivity contribution in [3.05, 3.63) is 65.9 Å². The third-order valence-electron chi connectivity index (χ3n) is 6.43. The highest BCUT2D eigenvalue weighted by Gasteiger charge is 2.35. The van der Waals surface area contributed by atoms with Gasteiger partial charge in [0.2, 0.25) is 0 Å². The first kappa shape index (κ1) is 17.7. The Hall–Kier alpha value is -2.40. The zero-order valence-corrected chi connectivity index (χ0v) is 15.8. The van der Waals surface area contributed by atoms with Crippen molar-refractivity contribution in [2.24, 2.45) is 0 Å². The quantitative estimate of drug-likeness (QED) is 0.645. The molecule has 2 aliphatic rings. The number of nitrogens with zero attached hydrogens (tertiary/aromatic N) is 1. The molecule has 3 aromatic rings. The van der Waals surface area contributed by atoms with E-state index in [0.29, 0.717) is 18.0 Å². The van der Waals surface area contributed by atoms with E-state index in [1.54, 1.807) is 18.2 Å². The highest BCUT2D eigenvalue weighted by Crippen LogP contribution is 2.39. The first-order valence-electron chi connectivity index (χ1n) is 10.2. The van der Waals surface area contributed by atoms with Gasteiger partial charge in [0.25, 0.3) is 0 Å². The average Bonchev–Trinajstić information content (AvgIpc) is 3.08. The zero-order chi connectivity index (χ0) is 19.1. The van der Waals surface area contributed by atoms with E-state index in [9.17, 15) is 8.78 Å². The molecule has 0 radical (unpaired) electrons. The zero-order valence-electron chi connectivity index (χ0n) is 15.8. The van der Waals surface area contributed by atoms with Gasteiger partial charge in [0.05, 0.1) is 6.04 Å². The highest BCUT2D eigenvalue weighted by atomic mass is 19.1. The molecule has 146 valence electrons. The van der Waals surface area contributed by atoms with Crippen molar-refractivity contribution in [1.82, 2.24) is 9.88 Å². The molecule has 0 unspecified atom stereocenters. The number of fused-ring (bicyclic) bond motifs is 1. The molecule has 3 nitrogen and oxygen atoms in total. The lowest BCUT2D eigenvalue weighted by molar-refractivity contribution is 0.0750. The number of nitrogens with one attached hydrogen (secondary N) is 2. The van der Waals surface area contributed by atoms with Crippen LogP contribution in [0.5, 0.6) is 0 Å². The Kier molecular flexibility index (Phi) is 4.55. The Labute approximate surface area is 163 Å². The van der Waals surface area contributed by atoms with Gasteiger partial charge in [0.15, 0.2) is 0 Å². The molecular formula is C23H25F2N3. The van der Waals surface area contributed by atoms with Crippen LogP contribution >= 0.6 is 0 Å². The van der Waals surface area contributed by atoms with Crippen molar-refractivity contribution in [1.29, 1.82) is 0 Å². The monoisotopic (exact) mass is 381 g/mol. The Morgan fingerprint density at radius 2 is 1.71 bits per heavy atom. The number of likely N-dealkylation sites (tertiary alicyclic amines) is 1. The maximum atomic E-state index is 13.7. The summed E-state index contributed by atoms with van der Waals surface area (Å²) in [7, 11) is 0. The fourth-order valence-corrected chi connectivity index (χ4v) is 4.92.